The van der Waals surface area contributed by atoms with Gasteiger partial charge in [-0.05, 0) is 36.1 Å². The highest BCUT2D eigenvalue weighted by molar-refractivity contribution is 5.93. The van der Waals surface area contributed by atoms with Crippen molar-refractivity contribution in [1.82, 2.24) is 25.3 Å². The Hall–Kier alpha value is -4.91. The van der Waals surface area contributed by atoms with Crippen molar-refractivity contribution in [3.8, 4) is 0 Å². The maximum atomic E-state index is 11.6. The first-order chi connectivity index (χ1) is 20.4. The zero-order valence-electron chi connectivity index (χ0n) is 25.1. The molecular formula is C30H40N10O3. The Balaban J connectivity index is 0.000000238. The average Bonchev–Trinajstić information content (AvgIpc) is 2.96. The van der Waals surface area contributed by atoms with Crippen molar-refractivity contribution in [3.05, 3.63) is 60.2 Å². The molecule has 0 fully saturated rings. The zero-order valence-corrected chi connectivity index (χ0v) is 25.1. The molecule has 43 heavy (non-hydrogen) atoms. The minimum Gasteiger partial charge on any atom is -0.368 e. The number of nitrogens with one attached hydrogen (secondary N) is 3. The lowest BCUT2D eigenvalue weighted by atomic mass is 10.0. The summed E-state index contributed by atoms with van der Waals surface area (Å²) < 4.78 is 0. The van der Waals surface area contributed by atoms with Gasteiger partial charge in [0, 0.05) is 17.7 Å². The Morgan fingerprint density at radius 3 is 1.51 bits per heavy atom. The fourth-order valence-electron chi connectivity index (χ4n) is 4.27. The Morgan fingerprint density at radius 1 is 0.698 bits per heavy atom. The Labute approximate surface area is 250 Å². The SMILES string of the molecule is CC(=O)NCc1nc(N[C@H](C(N)=O)C(C)C)c2ccccc2n1.CC(C)[C@H](Nc1nc(CN)nc2ccccc12)C(N)=O. The van der Waals surface area contributed by atoms with Crippen molar-refractivity contribution in [2.75, 3.05) is 10.6 Å². The van der Waals surface area contributed by atoms with Crippen molar-refractivity contribution < 1.29 is 14.4 Å². The lowest BCUT2D eigenvalue weighted by Gasteiger charge is -2.21. The summed E-state index contributed by atoms with van der Waals surface area (Å²) >= 11 is 0. The fourth-order valence-corrected chi connectivity index (χ4v) is 4.27. The second-order valence-electron chi connectivity index (χ2n) is 10.7. The number of rotatable bonds is 11. The highest BCUT2D eigenvalue weighted by atomic mass is 16.2. The number of amides is 3. The second kappa shape index (κ2) is 14.8. The number of anilines is 2. The smallest absolute Gasteiger partial charge is 0.240 e. The van der Waals surface area contributed by atoms with Crippen LogP contribution in [0, 0.1) is 11.8 Å². The summed E-state index contributed by atoms with van der Waals surface area (Å²) in [5.41, 5.74) is 18.0. The van der Waals surface area contributed by atoms with E-state index in [2.05, 4.69) is 35.9 Å². The van der Waals surface area contributed by atoms with Crippen LogP contribution in [0.25, 0.3) is 21.8 Å². The monoisotopic (exact) mass is 588 g/mol. The molecule has 0 radical (unpaired) electrons. The molecule has 13 heteroatoms. The first-order valence-electron chi connectivity index (χ1n) is 14.0. The molecule has 0 aliphatic rings. The van der Waals surface area contributed by atoms with Crippen LogP contribution >= 0.6 is 0 Å². The van der Waals surface area contributed by atoms with Crippen molar-refractivity contribution in [2.24, 2.45) is 29.0 Å². The third kappa shape index (κ3) is 8.79. The molecule has 2 aromatic heterocycles. The average molecular weight is 589 g/mol. The van der Waals surface area contributed by atoms with Crippen LogP contribution < -0.4 is 33.2 Å². The molecule has 0 bridgehead atoms. The first kappa shape index (κ1) is 32.6. The summed E-state index contributed by atoms with van der Waals surface area (Å²) in [7, 11) is 0. The standard InChI is InChI=1S/C16H21N5O2.C14H19N5O/c1-9(2)14(15(17)23)21-16-11-6-4-5-7-12(11)19-13(20-16)8-18-10(3)22;1-8(2)12(13(16)20)19-14-9-5-3-4-6-10(9)17-11(7-15)18-14/h4-7,9,14H,8H2,1-3H3,(H2,17,23)(H,18,22)(H,19,20,21);3-6,8,12H,7,15H2,1-2H3,(H2,16,20)(H,17,18,19)/t14-;12-/m00/s1. The number of nitrogens with two attached hydrogens (primary N) is 3. The van der Waals surface area contributed by atoms with E-state index in [-0.39, 0.29) is 30.8 Å². The summed E-state index contributed by atoms with van der Waals surface area (Å²) in [6.45, 7) is 9.56. The molecule has 13 nitrogen and oxygen atoms in total. The van der Waals surface area contributed by atoms with Gasteiger partial charge in [-0.3, -0.25) is 14.4 Å². The van der Waals surface area contributed by atoms with E-state index in [4.69, 9.17) is 17.2 Å². The van der Waals surface area contributed by atoms with Crippen LogP contribution in [0.2, 0.25) is 0 Å². The van der Waals surface area contributed by atoms with Crippen molar-refractivity contribution >= 4 is 51.2 Å². The predicted octanol–water partition coefficient (Wildman–Crippen LogP) is 2.20. The number of primary amides is 2. The molecule has 0 spiro atoms. The van der Waals surface area contributed by atoms with Gasteiger partial charge in [0.1, 0.15) is 29.5 Å². The quantitative estimate of drug-likeness (QED) is 0.150. The molecule has 0 aliphatic carbocycles. The number of hydrogen-bond donors (Lipinski definition) is 6. The molecule has 2 atom stereocenters. The van der Waals surface area contributed by atoms with Gasteiger partial charge in [-0.1, -0.05) is 52.0 Å². The molecule has 4 aromatic rings. The second-order valence-corrected chi connectivity index (χ2v) is 10.7. The molecular weight excluding hydrogens is 548 g/mol. The van der Waals surface area contributed by atoms with Gasteiger partial charge in [-0.2, -0.15) is 0 Å². The number of carbonyl (C=O) groups is 3. The van der Waals surface area contributed by atoms with Crippen molar-refractivity contribution in [3.63, 3.8) is 0 Å². The van der Waals surface area contributed by atoms with E-state index in [1.807, 2.05) is 76.2 Å². The largest absolute Gasteiger partial charge is 0.368 e. The van der Waals surface area contributed by atoms with Gasteiger partial charge in [-0.25, -0.2) is 19.9 Å². The molecule has 3 amide bonds. The minimum absolute atomic E-state index is 0.0139. The van der Waals surface area contributed by atoms with E-state index in [1.54, 1.807) is 0 Å². The Morgan fingerprint density at radius 2 is 1.12 bits per heavy atom. The molecule has 2 aromatic carbocycles. The van der Waals surface area contributed by atoms with Gasteiger partial charge >= 0.3 is 0 Å². The van der Waals surface area contributed by atoms with Crippen molar-refractivity contribution in [2.45, 2.75) is 59.8 Å². The minimum atomic E-state index is -0.540. The van der Waals surface area contributed by atoms with Gasteiger partial charge in [0.15, 0.2) is 5.82 Å². The Bertz CT molecular complexity index is 1590. The molecule has 4 rings (SSSR count). The lowest BCUT2D eigenvalue weighted by molar-refractivity contribution is -0.120. The summed E-state index contributed by atoms with van der Waals surface area (Å²) in [5.74, 6) is 1.19. The number of aromatic nitrogens is 4. The van der Waals surface area contributed by atoms with Gasteiger partial charge in [0.2, 0.25) is 17.7 Å². The highest BCUT2D eigenvalue weighted by Gasteiger charge is 2.22. The van der Waals surface area contributed by atoms with Crippen molar-refractivity contribution in [1.29, 1.82) is 0 Å². The molecule has 0 saturated carbocycles. The molecule has 0 unspecified atom stereocenters. The van der Waals surface area contributed by atoms with Crippen LogP contribution in [-0.2, 0) is 27.5 Å². The normalized spacial score (nSPS) is 12.4. The van der Waals surface area contributed by atoms with E-state index >= 15 is 0 Å². The van der Waals surface area contributed by atoms with Gasteiger partial charge in [-0.15, -0.1) is 0 Å². The fraction of sp³-hybridized carbons (Fsp3) is 0.367. The van der Waals surface area contributed by atoms with Crippen LogP contribution in [-0.4, -0.2) is 49.7 Å². The van der Waals surface area contributed by atoms with Crippen LogP contribution in [0.4, 0.5) is 11.6 Å². The Kier molecular flexibility index (Phi) is 11.2. The molecule has 0 aliphatic heterocycles. The van der Waals surface area contributed by atoms with Gasteiger partial charge < -0.3 is 33.2 Å². The summed E-state index contributed by atoms with van der Waals surface area (Å²) in [4.78, 5) is 51.8. The molecule has 228 valence electrons. The van der Waals surface area contributed by atoms with E-state index in [9.17, 15) is 14.4 Å². The van der Waals surface area contributed by atoms with E-state index in [1.165, 1.54) is 6.92 Å². The highest BCUT2D eigenvalue weighted by Crippen LogP contribution is 2.23. The summed E-state index contributed by atoms with van der Waals surface area (Å²) in [5, 5.41) is 10.5. The van der Waals surface area contributed by atoms with Crippen LogP contribution in [0.15, 0.2) is 48.5 Å². The van der Waals surface area contributed by atoms with E-state index in [0.717, 1.165) is 21.8 Å². The van der Waals surface area contributed by atoms with Crippen LogP contribution in [0.3, 0.4) is 0 Å². The van der Waals surface area contributed by atoms with Crippen LogP contribution in [0.1, 0.15) is 46.3 Å². The van der Waals surface area contributed by atoms with Crippen LogP contribution in [0.5, 0.6) is 0 Å². The maximum Gasteiger partial charge on any atom is 0.240 e. The third-order valence-electron chi connectivity index (χ3n) is 6.51. The van der Waals surface area contributed by atoms with Gasteiger partial charge in [0.25, 0.3) is 0 Å². The molecule has 9 N–H and O–H groups in total. The third-order valence-corrected chi connectivity index (χ3v) is 6.51. The lowest BCUT2D eigenvalue weighted by Crippen LogP contribution is -2.40. The van der Waals surface area contributed by atoms with E-state index in [0.29, 0.717) is 23.3 Å². The number of fused-ring (bicyclic) bond motifs is 2. The maximum absolute atomic E-state index is 11.6. The van der Waals surface area contributed by atoms with E-state index < -0.39 is 23.9 Å². The number of carbonyl (C=O) groups excluding carboxylic acids is 3. The first-order valence-corrected chi connectivity index (χ1v) is 14.0. The number of nitrogens with zero attached hydrogens (tertiary/aromatic N) is 4. The topological polar surface area (TPSA) is 217 Å². The predicted molar refractivity (Wildman–Crippen MR) is 167 cm³/mol. The molecule has 0 saturated heterocycles. The summed E-state index contributed by atoms with van der Waals surface area (Å²) in [6, 6.07) is 14.0. The zero-order chi connectivity index (χ0) is 31.7. The molecule has 2 heterocycles. The number of para-hydroxylation sites is 2. The number of benzene rings is 2. The number of hydrogen-bond acceptors (Lipinski definition) is 10. The van der Waals surface area contributed by atoms with Gasteiger partial charge in [0.05, 0.1) is 24.1 Å². The summed E-state index contributed by atoms with van der Waals surface area (Å²) in [6.07, 6.45) is 0.